The topological polar surface area (TPSA) is 55.6 Å². The van der Waals surface area contributed by atoms with Gasteiger partial charge in [-0.05, 0) is 53.1 Å². The maximum Gasteiger partial charge on any atom is 0.143 e. The highest BCUT2D eigenvalue weighted by molar-refractivity contribution is 5.56. The molecule has 106 valence electrons. The molecule has 2 aromatic carbocycles. The lowest BCUT2D eigenvalue weighted by Gasteiger charge is -2.12. The summed E-state index contributed by atoms with van der Waals surface area (Å²) in [6, 6.07) is 14.5. The van der Waals surface area contributed by atoms with Crippen LogP contribution in [-0.4, -0.2) is 20.2 Å². The molecule has 0 unspecified atom stereocenters. The Kier molecular flexibility index (Phi) is 3.64. The number of tetrazole rings is 1. The van der Waals surface area contributed by atoms with Gasteiger partial charge in [-0.25, -0.2) is 4.68 Å². The predicted octanol–water partition coefficient (Wildman–Crippen LogP) is 2.89. The number of nitrogens with one attached hydrogen (secondary N) is 1. The van der Waals surface area contributed by atoms with E-state index in [1.54, 1.807) is 11.0 Å². The summed E-state index contributed by atoms with van der Waals surface area (Å²) in [5, 5.41) is 14.7. The van der Waals surface area contributed by atoms with Crippen molar-refractivity contribution in [1.82, 2.24) is 20.2 Å². The fraction of sp³-hybridized carbons (Fsp3) is 0.188. The van der Waals surface area contributed by atoms with E-state index < -0.39 is 0 Å². The van der Waals surface area contributed by atoms with Gasteiger partial charge in [0.25, 0.3) is 0 Å². The summed E-state index contributed by atoms with van der Waals surface area (Å²) in [5.74, 6) is 0. The van der Waals surface area contributed by atoms with Gasteiger partial charge in [0.2, 0.25) is 0 Å². The molecule has 0 amide bonds. The van der Waals surface area contributed by atoms with Crippen LogP contribution in [0.3, 0.4) is 0 Å². The summed E-state index contributed by atoms with van der Waals surface area (Å²) >= 11 is 0. The van der Waals surface area contributed by atoms with E-state index in [4.69, 9.17) is 0 Å². The Morgan fingerprint density at radius 2 is 1.90 bits per heavy atom. The number of rotatable bonds is 4. The van der Waals surface area contributed by atoms with Crippen molar-refractivity contribution < 1.29 is 0 Å². The third kappa shape index (κ3) is 2.91. The van der Waals surface area contributed by atoms with Gasteiger partial charge < -0.3 is 5.32 Å². The van der Waals surface area contributed by atoms with Crippen molar-refractivity contribution >= 4 is 5.69 Å². The number of nitrogens with zero attached hydrogens (tertiary/aromatic N) is 4. The zero-order valence-electron chi connectivity index (χ0n) is 12.1. The number of hydrogen-bond donors (Lipinski definition) is 1. The van der Waals surface area contributed by atoms with Crippen LogP contribution in [0.15, 0.2) is 48.8 Å². The third-order valence-electron chi connectivity index (χ3n) is 3.57. The number of benzene rings is 2. The first kappa shape index (κ1) is 13.3. The van der Waals surface area contributed by atoms with Gasteiger partial charge >= 0.3 is 0 Å². The van der Waals surface area contributed by atoms with Gasteiger partial charge in [-0.15, -0.1) is 5.10 Å². The molecule has 0 bridgehead atoms. The summed E-state index contributed by atoms with van der Waals surface area (Å²) in [7, 11) is 0. The van der Waals surface area contributed by atoms with E-state index in [1.165, 1.54) is 16.7 Å². The zero-order chi connectivity index (χ0) is 14.7. The first-order chi connectivity index (χ1) is 10.2. The molecule has 0 saturated carbocycles. The summed E-state index contributed by atoms with van der Waals surface area (Å²) in [6.07, 6.45) is 1.59. The maximum absolute atomic E-state index is 3.92. The van der Waals surface area contributed by atoms with Gasteiger partial charge in [-0.3, -0.25) is 0 Å². The van der Waals surface area contributed by atoms with Crippen molar-refractivity contribution in [3.05, 3.63) is 65.5 Å². The van der Waals surface area contributed by atoms with Crippen molar-refractivity contribution in [3.63, 3.8) is 0 Å². The fourth-order valence-electron chi connectivity index (χ4n) is 2.22. The van der Waals surface area contributed by atoms with E-state index in [2.05, 4.69) is 71.1 Å². The lowest BCUT2D eigenvalue weighted by molar-refractivity contribution is 0.789. The Balaban J connectivity index is 1.82. The molecule has 5 nitrogen and oxygen atoms in total. The average Bonchev–Trinajstić information content (AvgIpc) is 3.02. The van der Waals surface area contributed by atoms with E-state index in [9.17, 15) is 0 Å². The van der Waals surface area contributed by atoms with Crippen LogP contribution in [0.5, 0.6) is 0 Å². The molecule has 0 spiro atoms. The van der Waals surface area contributed by atoms with Crippen LogP contribution in [0.25, 0.3) is 5.69 Å². The Labute approximate surface area is 123 Å². The first-order valence-electron chi connectivity index (χ1n) is 6.86. The molecule has 3 aromatic rings. The van der Waals surface area contributed by atoms with Gasteiger partial charge in [0.1, 0.15) is 6.33 Å². The predicted molar refractivity (Wildman–Crippen MR) is 82.4 cm³/mol. The molecule has 5 heteroatoms. The lowest BCUT2D eigenvalue weighted by atomic mass is 10.1. The Morgan fingerprint density at radius 3 is 2.67 bits per heavy atom. The third-order valence-corrected chi connectivity index (χ3v) is 3.57. The van der Waals surface area contributed by atoms with Crippen LogP contribution < -0.4 is 5.32 Å². The summed E-state index contributed by atoms with van der Waals surface area (Å²) in [6.45, 7) is 5.01. The Morgan fingerprint density at radius 1 is 1.05 bits per heavy atom. The van der Waals surface area contributed by atoms with Crippen LogP contribution in [0.2, 0.25) is 0 Å². The second-order valence-corrected chi connectivity index (χ2v) is 5.03. The van der Waals surface area contributed by atoms with Crippen LogP contribution in [0.4, 0.5) is 5.69 Å². The Bertz CT molecular complexity index is 734. The average molecular weight is 279 g/mol. The quantitative estimate of drug-likeness (QED) is 0.798. The molecule has 21 heavy (non-hydrogen) atoms. The largest absolute Gasteiger partial charge is 0.381 e. The Hall–Kier alpha value is -2.69. The molecule has 1 heterocycles. The van der Waals surface area contributed by atoms with Crippen LogP contribution >= 0.6 is 0 Å². The fourth-order valence-corrected chi connectivity index (χ4v) is 2.22. The van der Waals surface area contributed by atoms with Gasteiger partial charge in [-0.2, -0.15) is 0 Å². The second kappa shape index (κ2) is 5.75. The second-order valence-electron chi connectivity index (χ2n) is 5.03. The highest BCUT2D eigenvalue weighted by Crippen LogP contribution is 2.20. The van der Waals surface area contributed by atoms with E-state index in [-0.39, 0.29) is 0 Å². The molecule has 0 radical (unpaired) electrons. The lowest BCUT2D eigenvalue weighted by Crippen LogP contribution is -2.04. The molecule has 0 atom stereocenters. The van der Waals surface area contributed by atoms with Crippen LogP contribution in [0.1, 0.15) is 16.7 Å². The zero-order valence-corrected chi connectivity index (χ0v) is 12.1. The van der Waals surface area contributed by atoms with Gasteiger partial charge in [-0.1, -0.05) is 30.3 Å². The van der Waals surface area contributed by atoms with E-state index in [1.807, 2.05) is 6.07 Å². The summed E-state index contributed by atoms with van der Waals surface area (Å²) in [4.78, 5) is 0. The van der Waals surface area contributed by atoms with E-state index >= 15 is 0 Å². The van der Waals surface area contributed by atoms with Crippen LogP contribution in [0, 0.1) is 13.8 Å². The summed E-state index contributed by atoms with van der Waals surface area (Å²) in [5.41, 5.74) is 5.81. The molecular weight excluding hydrogens is 262 g/mol. The smallest absolute Gasteiger partial charge is 0.143 e. The highest BCUT2D eigenvalue weighted by atomic mass is 15.5. The maximum atomic E-state index is 3.92. The molecule has 3 rings (SSSR count). The van der Waals surface area contributed by atoms with Gasteiger partial charge in [0, 0.05) is 12.2 Å². The minimum atomic E-state index is 0.798. The molecule has 0 aliphatic rings. The van der Waals surface area contributed by atoms with Crippen molar-refractivity contribution in [2.75, 3.05) is 5.32 Å². The normalized spacial score (nSPS) is 10.6. The SMILES string of the molecule is Cc1ccccc1CNc1cc(-n2cnnn2)ccc1C. The minimum absolute atomic E-state index is 0.798. The van der Waals surface area contributed by atoms with E-state index in [0.717, 1.165) is 17.9 Å². The minimum Gasteiger partial charge on any atom is -0.381 e. The number of aryl methyl sites for hydroxylation is 2. The molecule has 1 aromatic heterocycles. The van der Waals surface area contributed by atoms with Gasteiger partial charge in [0.15, 0.2) is 0 Å². The monoisotopic (exact) mass is 279 g/mol. The molecule has 0 saturated heterocycles. The molecule has 0 fully saturated rings. The van der Waals surface area contributed by atoms with Crippen molar-refractivity contribution in [2.24, 2.45) is 0 Å². The first-order valence-corrected chi connectivity index (χ1v) is 6.86. The van der Waals surface area contributed by atoms with Crippen molar-refractivity contribution in [1.29, 1.82) is 0 Å². The standard InChI is InChI=1S/C16H17N5/c1-12-5-3-4-6-14(12)10-17-16-9-15(8-7-13(16)2)21-11-18-19-20-21/h3-9,11,17H,10H2,1-2H3. The number of aromatic nitrogens is 4. The van der Waals surface area contributed by atoms with E-state index in [0.29, 0.717) is 0 Å². The van der Waals surface area contributed by atoms with Crippen molar-refractivity contribution in [3.8, 4) is 5.69 Å². The molecule has 0 aliphatic heterocycles. The molecule has 1 N–H and O–H groups in total. The van der Waals surface area contributed by atoms with Gasteiger partial charge in [0.05, 0.1) is 5.69 Å². The van der Waals surface area contributed by atoms with Crippen molar-refractivity contribution in [2.45, 2.75) is 20.4 Å². The molecule has 0 aliphatic carbocycles. The number of anilines is 1. The molecular formula is C16H17N5. The number of hydrogen-bond acceptors (Lipinski definition) is 4. The van der Waals surface area contributed by atoms with Crippen LogP contribution in [-0.2, 0) is 6.54 Å². The highest BCUT2D eigenvalue weighted by Gasteiger charge is 2.04. The summed E-state index contributed by atoms with van der Waals surface area (Å²) < 4.78 is 1.65.